The molecule has 0 aliphatic carbocycles. The predicted molar refractivity (Wildman–Crippen MR) is 97.1 cm³/mol. The average molecular weight is 357 g/mol. The van der Waals surface area contributed by atoms with Crippen LogP contribution in [0.2, 0.25) is 5.02 Å². The van der Waals surface area contributed by atoms with Gasteiger partial charge in [-0.05, 0) is 31.2 Å². The molecule has 6 heteroatoms. The van der Waals surface area contributed by atoms with Gasteiger partial charge in [0.05, 0.1) is 18.0 Å². The Balaban J connectivity index is 2.14. The van der Waals surface area contributed by atoms with Crippen LogP contribution in [0.3, 0.4) is 0 Å². The first-order chi connectivity index (χ1) is 12.1. The van der Waals surface area contributed by atoms with E-state index in [1.165, 1.54) is 4.57 Å². The van der Waals surface area contributed by atoms with E-state index in [2.05, 4.69) is 0 Å². The second-order valence-corrected chi connectivity index (χ2v) is 5.84. The van der Waals surface area contributed by atoms with Crippen LogP contribution < -0.4 is 5.69 Å². The predicted octanol–water partition coefficient (Wildman–Crippen LogP) is 3.52. The van der Waals surface area contributed by atoms with Crippen LogP contribution in [0.4, 0.5) is 0 Å². The minimum atomic E-state index is -0.447. The summed E-state index contributed by atoms with van der Waals surface area (Å²) in [6, 6.07) is 16.5. The van der Waals surface area contributed by atoms with Gasteiger partial charge in [0, 0.05) is 16.8 Å². The zero-order valence-corrected chi connectivity index (χ0v) is 14.4. The van der Waals surface area contributed by atoms with Crippen molar-refractivity contribution < 1.29 is 9.53 Å². The molecular weight excluding hydrogens is 340 g/mol. The molecule has 3 rings (SSSR count). The first kappa shape index (κ1) is 17.0. The summed E-state index contributed by atoms with van der Waals surface area (Å²) in [5.74, 6) is -0.447. The van der Waals surface area contributed by atoms with Crippen molar-refractivity contribution >= 4 is 17.6 Å². The third-order valence-electron chi connectivity index (χ3n) is 3.72. The molecule has 0 aliphatic heterocycles. The minimum Gasteiger partial charge on any atom is -0.465 e. The lowest BCUT2D eigenvalue weighted by Gasteiger charge is -2.07. The van der Waals surface area contributed by atoms with E-state index in [0.717, 1.165) is 5.56 Å². The highest BCUT2D eigenvalue weighted by molar-refractivity contribution is 6.30. The van der Waals surface area contributed by atoms with Crippen molar-refractivity contribution in [3.8, 4) is 16.9 Å². The molecule has 2 aromatic carbocycles. The number of carbonyl (C=O) groups is 1. The number of hydrogen-bond acceptors (Lipinski definition) is 3. The van der Waals surface area contributed by atoms with Crippen molar-refractivity contribution in [1.82, 2.24) is 9.13 Å². The summed E-state index contributed by atoms with van der Waals surface area (Å²) in [6.07, 6.45) is 1.67. The number of carbonyl (C=O) groups excluding carboxylic acids is 1. The minimum absolute atomic E-state index is 0.132. The number of halogens is 1. The lowest BCUT2D eigenvalue weighted by molar-refractivity contribution is -0.143. The van der Waals surface area contributed by atoms with Crippen LogP contribution in [-0.2, 0) is 16.1 Å². The van der Waals surface area contributed by atoms with Crippen molar-refractivity contribution in [2.75, 3.05) is 6.61 Å². The molecule has 0 atom stereocenters. The van der Waals surface area contributed by atoms with E-state index in [1.807, 2.05) is 30.3 Å². The van der Waals surface area contributed by atoms with E-state index in [-0.39, 0.29) is 18.8 Å². The van der Waals surface area contributed by atoms with Crippen molar-refractivity contribution in [1.29, 1.82) is 0 Å². The number of aromatic nitrogens is 2. The monoisotopic (exact) mass is 356 g/mol. The molecule has 0 spiro atoms. The maximum atomic E-state index is 12.9. The molecule has 0 N–H and O–H groups in total. The van der Waals surface area contributed by atoms with Crippen molar-refractivity contribution in [2.24, 2.45) is 0 Å². The number of benzene rings is 2. The molecule has 0 saturated heterocycles. The summed E-state index contributed by atoms with van der Waals surface area (Å²) in [7, 11) is 0. The first-order valence-electron chi connectivity index (χ1n) is 7.89. The fourth-order valence-corrected chi connectivity index (χ4v) is 2.73. The van der Waals surface area contributed by atoms with E-state index in [1.54, 1.807) is 42.0 Å². The Morgan fingerprint density at radius 2 is 1.76 bits per heavy atom. The third kappa shape index (κ3) is 3.67. The van der Waals surface area contributed by atoms with E-state index < -0.39 is 5.97 Å². The molecule has 0 saturated carbocycles. The summed E-state index contributed by atoms with van der Waals surface area (Å²) >= 11 is 5.95. The Hall–Kier alpha value is -2.79. The van der Waals surface area contributed by atoms with Gasteiger partial charge in [-0.3, -0.25) is 13.9 Å². The van der Waals surface area contributed by atoms with Gasteiger partial charge in [-0.2, -0.15) is 0 Å². The van der Waals surface area contributed by atoms with Crippen LogP contribution in [-0.4, -0.2) is 21.7 Å². The largest absolute Gasteiger partial charge is 0.465 e. The smallest absolute Gasteiger partial charge is 0.333 e. The maximum Gasteiger partial charge on any atom is 0.333 e. The van der Waals surface area contributed by atoms with Crippen molar-refractivity contribution in [2.45, 2.75) is 13.5 Å². The average Bonchev–Trinajstić information content (AvgIpc) is 2.93. The SMILES string of the molecule is CCOC(=O)Cn1cc(-c2ccccc2)n(-c2ccc(Cl)cc2)c1=O. The van der Waals surface area contributed by atoms with Crippen LogP contribution in [0, 0.1) is 0 Å². The van der Waals surface area contributed by atoms with E-state index in [0.29, 0.717) is 16.4 Å². The third-order valence-corrected chi connectivity index (χ3v) is 3.97. The van der Waals surface area contributed by atoms with E-state index >= 15 is 0 Å². The molecule has 0 aliphatic rings. The van der Waals surface area contributed by atoms with Crippen LogP contribution >= 0.6 is 11.6 Å². The zero-order valence-electron chi connectivity index (χ0n) is 13.7. The lowest BCUT2D eigenvalue weighted by atomic mass is 10.1. The molecule has 0 bridgehead atoms. The van der Waals surface area contributed by atoms with Crippen molar-refractivity contribution in [3.63, 3.8) is 0 Å². The fourth-order valence-electron chi connectivity index (χ4n) is 2.60. The van der Waals surface area contributed by atoms with Gasteiger partial charge in [0.2, 0.25) is 0 Å². The summed E-state index contributed by atoms with van der Waals surface area (Å²) in [6.45, 7) is 1.87. The molecule has 0 unspecified atom stereocenters. The number of imidazole rings is 1. The number of nitrogens with zero attached hydrogens (tertiary/aromatic N) is 2. The molecule has 5 nitrogen and oxygen atoms in total. The van der Waals surface area contributed by atoms with Crippen LogP contribution in [0.25, 0.3) is 16.9 Å². The molecule has 0 amide bonds. The number of ether oxygens (including phenoxy) is 1. The van der Waals surface area contributed by atoms with E-state index in [9.17, 15) is 9.59 Å². The normalized spacial score (nSPS) is 10.6. The molecule has 0 fully saturated rings. The highest BCUT2D eigenvalue weighted by Gasteiger charge is 2.16. The summed E-state index contributed by atoms with van der Waals surface area (Å²) in [5.41, 5.74) is 1.93. The maximum absolute atomic E-state index is 12.9. The lowest BCUT2D eigenvalue weighted by Crippen LogP contribution is -2.27. The molecular formula is C19H17ClN2O3. The highest BCUT2D eigenvalue weighted by Crippen LogP contribution is 2.22. The van der Waals surface area contributed by atoms with Crippen LogP contribution in [0.15, 0.2) is 65.6 Å². The van der Waals surface area contributed by atoms with Gasteiger partial charge in [0.1, 0.15) is 6.54 Å². The van der Waals surface area contributed by atoms with Gasteiger partial charge in [-0.1, -0.05) is 41.9 Å². The number of esters is 1. The van der Waals surface area contributed by atoms with Gasteiger partial charge < -0.3 is 4.74 Å². The van der Waals surface area contributed by atoms with Crippen molar-refractivity contribution in [3.05, 3.63) is 76.3 Å². The topological polar surface area (TPSA) is 53.2 Å². The molecule has 1 heterocycles. The second kappa shape index (κ2) is 7.40. The summed E-state index contributed by atoms with van der Waals surface area (Å²) < 4.78 is 7.87. The number of rotatable bonds is 5. The Morgan fingerprint density at radius 3 is 2.40 bits per heavy atom. The van der Waals surface area contributed by atoms with Gasteiger partial charge >= 0.3 is 11.7 Å². The molecule has 128 valence electrons. The molecule has 0 radical (unpaired) electrons. The summed E-state index contributed by atoms with van der Waals surface area (Å²) in [5, 5.41) is 0.587. The van der Waals surface area contributed by atoms with Gasteiger partial charge in [0.25, 0.3) is 0 Å². The Bertz CT molecular complexity index is 928. The highest BCUT2D eigenvalue weighted by atomic mass is 35.5. The Morgan fingerprint density at radius 1 is 1.08 bits per heavy atom. The van der Waals surface area contributed by atoms with Crippen LogP contribution in [0.5, 0.6) is 0 Å². The summed E-state index contributed by atoms with van der Waals surface area (Å²) in [4.78, 5) is 24.7. The Labute approximate surface area is 150 Å². The second-order valence-electron chi connectivity index (χ2n) is 5.41. The standard InChI is InChI=1S/C19H17ClN2O3/c1-2-25-18(23)13-21-12-17(14-6-4-3-5-7-14)22(19(21)24)16-10-8-15(20)9-11-16/h3-12H,2,13H2,1H3. The van der Waals surface area contributed by atoms with Gasteiger partial charge in [0.15, 0.2) is 0 Å². The fraction of sp³-hybridized carbons (Fsp3) is 0.158. The Kier molecular flexibility index (Phi) is 5.05. The van der Waals surface area contributed by atoms with Gasteiger partial charge in [-0.15, -0.1) is 0 Å². The zero-order chi connectivity index (χ0) is 17.8. The van der Waals surface area contributed by atoms with E-state index in [4.69, 9.17) is 16.3 Å². The molecule has 3 aromatic rings. The number of hydrogen-bond donors (Lipinski definition) is 0. The van der Waals surface area contributed by atoms with Crippen LogP contribution in [0.1, 0.15) is 6.92 Å². The molecule has 1 aromatic heterocycles. The first-order valence-corrected chi connectivity index (χ1v) is 8.27. The quantitative estimate of drug-likeness (QED) is 0.657. The molecule has 25 heavy (non-hydrogen) atoms. The van der Waals surface area contributed by atoms with Gasteiger partial charge in [-0.25, -0.2) is 4.79 Å².